The molecule has 1 atom stereocenters. The molecule has 1 unspecified atom stereocenters. The highest BCUT2D eigenvalue weighted by Crippen LogP contribution is 2.14. The molecule has 1 fully saturated rings. The van der Waals surface area contributed by atoms with Crippen LogP contribution in [0.4, 0.5) is 0 Å². The van der Waals surface area contributed by atoms with E-state index in [0.29, 0.717) is 12.2 Å². The van der Waals surface area contributed by atoms with Crippen LogP contribution in [0, 0.1) is 0 Å². The van der Waals surface area contributed by atoms with Gasteiger partial charge in [-0.05, 0) is 31.0 Å². The SMILES string of the molecule is COC(=O)c1ccccc1COC1CCCNC1. The van der Waals surface area contributed by atoms with Crippen LogP contribution >= 0.6 is 0 Å². The Morgan fingerprint density at radius 1 is 1.44 bits per heavy atom. The van der Waals surface area contributed by atoms with E-state index in [-0.39, 0.29) is 12.1 Å². The number of rotatable bonds is 4. The summed E-state index contributed by atoms with van der Waals surface area (Å²) in [6, 6.07) is 7.41. The fourth-order valence-corrected chi connectivity index (χ4v) is 2.12. The number of hydrogen-bond acceptors (Lipinski definition) is 4. The lowest BCUT2D eigenvalue weighted by molar-refractivity contribution is 0.0242. The Kier molecular flexibility index (Phi) is 4.73. The quantitative estimate of drug-likeness (QED) is 0.826. The maximum Gasteiger partial charge on any atom is 0.338 e. The number of nitrogens with one attached hydrogen (secondary N) is 1. The van der Waals surface area contributed by atoms with E-state index in [1.54, 1.807) is 6.07 Å². The molecule has 18 heavy (non-hydrogen) atoms. The molecule has 0 bridgehead atoms. The van der Waals surface area contributed by atoms with Gasteiger partial charge in [0.15, 0.2) is 0 Å². The van der Waals surface area contributed by atoms with Gasteiger partial charge in [-0.25, -0.2) is 4.79 Å². The molecular weight excluding hydrogens is 230 g/mol. The van der Waals surface area contributed by atoms with E-state index in [4.69, 9.17) is 9.47 Å². The van der Waals surface area contributed by atoms with E-state index in [0.717, 1.165) is 31.5 Å². The first-order valence-corrected chi connectivity index (χ1v) is 6.30. The monoisotopic (exact) mass is 249 g/mol. The predicted molar refractivity (Wildman–Crippen MR) is 68.5 cm³/mol. The van der Waals surface area contributed by atoms with Crippen LogP contribution in [-0.2, 0) is 16.1 Å². The maximum absolute atomic E-state index is 11.6. The minimum Gasteiger partial charge on any atom is -0.465 e. The number of carbonyl (C=O) groups excluding carboxylic acids is 1. The first-order valence-electron chi connectivity index (χ1n) is 6.30. The molecular formula is C14H19NO3. The van der Waals surface area contributed by atoms with Gasteiger partial charge in [0.1, 0.15) is 0 Å². The van der Waals surface area contributed by atoms with Gasteiger partial charge in [-0.2, -0.15) is 0 Å². The van der Waals surface area contributed by atoms with Crippen molar-refractivity contribution in [3.05, 3.63) is 35.4 Å². The lowest BCUT2D eigenvalue weighted by Gasteiger charge is -2.23. The van der Waals surface area contributed by atoms with Crippen LogP contribution in [0.5, 0.6) is 0 Å². The summed E-state index contributed by atoms with van der Waals surface area (Å²) in [5, 5.41) is 3.30. The summed E-state index contributed by atoms with van der Waals surface area (Å²) in [6.45, 7) is 2.41. The van der Waals surface area contributed by atoms with E-state index < -0.39 is 0 Å². The van der Waals surface area contributed by atoms with Crippen LogP contribution in [0.15, 0.2) is 24.3 Å². The lowest BCUT2D eigenvalue weighted by Crippen LogP contribution is -2.35. The first-order chi connectivity index (χ1) is 8.81. The van der Waals surface area contributed by atoms with Gasteiger partial charge in [-0.15, -0.1) is 0 Å². The third-order valence-electron chi connectivity index (χ3n) is 3.15. The summed E-state index contributed by atoms with van der Waals surface area (Å²) < 4.78 is 10.6. The van der Waals surface area contributed by atoms with Gasteiger partial charge < -0.3 is 14.8 Å². The molecule has 0 radical (unpaired) electrons. The van der Waals surface area contributed by atoms with E-state index in [2.05, 4.69) is 5.32 Å². The highest BCUT2D eigenvalue weighted by molar-refractivity contribution is 5.90. The molecule has 0 aromatic heterocycles. The van der Waals surface area contributed by atoms with Gasteiger partial charge in [-0.1, -0.05) is 18.2 Å². The summed E-state index contributed by atoms with van der Waals surface area (Å²) >= 11 is 0. The van der Waals surface area contributed by atoms with Crippen molar-refractivity contribution in [3.63, 3.8) is 0 Å². The van der Waals surface area contributed by atoms with Crippen LogP contribution in [-0.4, -0.2) is 32.3 Å². The number of hydrogen-bond donors (Lipinski definition) is 1. The summed E-state index contributed by atoms with van der Waals surface area (Å²) in [4.78, 5) is 11.6. The number of piperidine rings is 1. The number of methoxy groups -OCH3 is 1. The zero-order chi connectivity index (χ0) is 12.8. The molecule has 1 aromatic rings. The van der Waals surface area contributed by atoms with E-state index in [1.807, 2.05) is 18.2 Å². The van der Waals surface area contributed by atoms with Crippen molar-refractivity contribution < 1.29 is 14.3 Å². The van der Waals surface area contributed by atoms with Crippen molar-refractivity contribution in [1.29, 1.82) is 0 Å². The normalized spacial score (nSPS) is 19.5. The molecule has 4 nitrogen and oxygen atoms in total. The molecule has 0 amide bonds. The number of ether oxygens (including phenoxy) is 2. The predicted octanol–water partition coefficient (Wildman–Crippen LogP) is 1.74. The number of benzene rings is 1. The maximum atomic E-state index is 11.6. The topological polar surface area (TPSA) is 47.6 Å². The Labute approximate surface area is 107 Å². The highest BCUT2D eigenvalue weighted by atomic mass is 16.5. The summed E-state index contributed by atoms with van der Waals surface area (Å²) in [6.07, 6.45) is 2.46. The molecule has 4 heteroatoms. The van der Waals surface area contributed by atoms with Gasteiger partial charge in [-0.3, -0.25) is 0 Å². The molecule has 0 spiro atoms. The largest absolute Gasteiger partial charge is 0.465 e. The molecule has 1 aliphatic rings. The van der Waals surface area contributed by atoms with Crippen LogP contribution in [0.1, 0.15) is 28.8 Å². The second-order valence-electron chi connectivity index (χ2n) is 4.43. The smallest absolute Gasteiger partial charge is 0.338 e. The summed E-state index contributed by atoms with van der Waals surface area (Å²) in [7, 11) is 1.39. The van der Waals surface area contributed by atoms with E-state index in [9.17, 15) is 4.79 Å². The van der Waals surface area contributed by atoms with Gasteiger partial charge in [0, 0.05) is 6.54 Å². The molecule has 1 saturated heterocycles. The zero-order valence-corrected chi connectivity index (χ0v) is 10.6. The Morgan fingerprint density at radius 2 is 2.28 bits per heavy atom. The van der Waals surface area contributed by atoms with Crippen molar-refractivity contribution in [2.24, 2.45) is 0 Å². The van der Waals surface area contributed by atoms with Crippen molar-refractivity contribution >= 4 is 5.97 Å². The Bertz CT molecular complexity index is 400. The Morgan fingerprint density at radius 3 is 3.00 bits per heavy atom. The third-order valence-corrected chi connectivity index (χ3v) is 3.15. The van der Waals surface area contributed by atoms with Crippen LogP contribution in [0.25, 0.3) is 0 Å². The first kappa shape index (κ1) is 13.1. The standard InChI is InChI=1S/C14H19NO3/c1-17-14(16)13-7-3-2-5-11(13)10-18-12-6-4-8-15-9-12/h2-3,5,7,12,15H,4,6,8-10H2,1H3. The lowest BCUT2D eigenvalue weighted by atomic mass is 10.1. The molecule has 2 rings (SSSR count). The third kappa shape index (κ3) is 3.31. The van der Waals surface area contributed by atoms with E-state index in [1.165, 1.54) is 7.11 Å². The summed E-state index contributed by atoms with van der Waals surface area (Å²) in [5.74, 6) is -0.309. The second kappa shape index (κ2) is 6.52. The number of carbonyl (C=O) groups is 1. The molecule has 98 valence electrons. The van der Waals surface area contributed by atoms with Crippen molar-refractivity contribution in [2.45, 2.75) is 25.6 Å². The van der Waals surface area contributed by atoms with Crippen LogP contribution in [0.2, 0.25) is 0 Å². The van der Waals surface area contributed by atoms with Gasteiger partial charge in [0.05, 0.1) is 25.4 Å². The minimum absolute atomic E-state index is 0.240. The fourth-order valence-electron chi connectivity index (χ4n) is 2.12. The van der Waals surface area contributed by atoms with Gasteiger partial charge >= 0.3 is 5.97 Å². The van der Waals surface area contributed by atoms with Gasteiger partial charge in [0.2, 0.25) is 0 Å². The van der Waals surface area contributed by atoms with E-state index >= 15 is 0 Å². The average molecular weight is 249 g/mol. The molecule has 1 N–H and O–H groups in total. The molecule has 1 aromatic carbocycles. The Balaban J connectivity index is 1.97. The summed E-state index contributed by atoms with van der Waals surface area (Å²) in [5.41, 5.74) is 1.47. The van der Waals surface area contributed by atoms with Crippen LogP contribution in [0.3, 0.4) is 0 Å². The molecule has 1 heterocycles. The number of esters is 1. The van der Waals surface area contributed by atoms with Crippen LogP contribution < -0.4 is 5.32 Å². The van der Waals surface area contributed by atoms with Crippen molar-refractivity contribution in [3.8, 4) is 0 Å². The van der Waals surface area contributed by atoms with Gasteiger partial charge in [0.25, 0.3) is 0 Å². The zero-order valence-electron chi connectivity index (χ0n) is 10.6. The highest BCUT2D eigenvalue weighted by Gasteiger charge is 2.15. The minimum atomic E-state index is -0.309. The van der Waals surface area contributed by atoms with Crippen molar-refractivity contribution in [1.82, 2.24) is 5.32 Å². The molecule has 1 aliphatic heterocycles. The van der Waals surface area contributed by atoms with Crippen molar-refractivity contribution in [2.75, 3.05) is 20.2 Å². The molecule has 0 saturated carbocycles. The fraction of sp³-hybridized carbons (Fsp3) is 0.500. The molecule has 0 aliphatic carbocycles. The Hall–Kier alpha value is -1.39. The average Bonchev–Trinajstić information content (AvgIpc) is 2.45. The second-order valence-corrected chi connectivity index (χ2v) is 4.43.